The lowest BCUT2D eigenvalue weighted by Crippen LogP contribution is -2.45. The van der Waals surface area contributed by atoms with E-state index in [1.54, 1.807) is 0 Å². The number of carbonyl (C=O) groups excluding carboxylic acids is 1. The van der Waals surface area contributed by atoms with Gasteiger partial charge in [0, 0.05) is 19.6 Å². The molecular formula is C13H25NO3. The molecule has 1 fully saturated rings. The summed E-state index contributed by atoms with van der Waals surface area (Å²) >= 11 is 0. The highest BCUT2D eigenvalue weighted by atomic mass is 16.5. The smallest absolute Gasteiger partial charge is 0.308 e. The molecule has 4 heteroatoms. The van der Waals surface area contributed by atoms with Crippen molar-refractivity contribution in [3.8, 4) is 0 Å². The standard InChI is InChI=1S/C13H25NO3/c1-4-11(5-2)9-14-6-7-17-12(10-14)8-13(15)16-3/h11-12H,4-10H2,1-3H3. The zero-order valence-electron chi connectivity index (χ0n) is 11.3. The summed E-state index contributed by atoms with van der Waals surface area (Å²) in [6, 6.07) is 0. The highest BCUT2D eigenvalue weighted by molar-refractivity contribution is 5.69. The monoisotopic (exact) mass is 243 g/mol. The summed E-state index contributed by atoms with van der Waals surface area (Å²) in [4.78, 5) is 13.6. The fourth-order valence-corrected chi connectivity index (χ4v) is 2.25. The molecule has 0 aromatic heterocycles. The minimum atomic E-state index is -0.181. The lowest BCUT2D eigenvalue weighted by Gasteiger charge is -2.34. The molecule has 1 rings (SSSR count). The van der Waals surface area contributed by atoms with Gasteiger partial charge >= 0.3 is 5.97 Å². The van der Waals surface area contributed by atoms with E-state index in [9.17, 15) is 4.79 Å². The molecule has 1 heterocycles. The van der Waals surface area contributed by atoms with Crippen molar-refractivity contribution in [2.45, 2.75) is 39.2 Å². The number of hydrogen-bond donors (Lipinski definition) is 0. The molecule has 17 heavy (non-hydrogen) atoms. The van der Waals surface area contributed by atoms with Crippen LogP contribution in [0.3, 0.4) is 0 Å². The fourth-order valence-electron chi connectivity index (χ4n) is 2.25. The van der Waals surface area contributed by atoms with Gasteiger partial charge in [0.15, 0.2) is 0 Å². The molecule has 1 saturated heterocycles. The van der Waals surface area contributed by atoms with Gasteiger partial charge in [0.05, 0.1) is 26.2 Å². The summed E-state index contributed by atoms with van der Waals surface area (Å²) in [7, 11) is 1.42. The van der Waals surface area contributed by atoms with E-state index in [0.717, 1.165) is 32.2 Å². The van der Waals surface area contributed by atoms with Crippen LogP contribution in [-0.4, -0.2) is 50.3 Å². The molecule has 1 aliphatic rings. The molecule has 4 nitrogen and oxygen atoms in total. The third-order valence-electron chi connectivity index (χ3n) is 3.52. The highest BCUT2D eigenvalue weighted by Gasteiger charge is 2.24. The van der Waals surface area contributed by atoms with Crippen molar-refractivity contribution in [1.82, 2.24) is 4.90 Å². The zero-order valence-corrected chi connectivity index (χ0v) is 11.3. The highest BCUT2D eigenvalue weighted by Crippen LogP contribution is 2.14. The first-order valence-corrected chi connectivity index (χ1v) is 6.60. The lowest BCUT2D eigenvalue weighted by atomic mass is 10.0. The van der Waals surface area contributed by atoms with E-state index in [-0.39, 0.29) is 12.1 Å². The van der Waals surface area contributed by atoms with Gasteiger partial charge in [0.2, 0.25) is 0 Å². The van der Waals surface area contributed by atoms with Gasteiger partial charge in [0.1, 0.15) is 0 Å². The first kappa shape index (κ1) is 14.5. The molecule has 1 unspecified atom stereocenters. The predicted molar refractivity (Wildman–Crippen MR) is 66.9 cm³/mol. The van der Waals surface area contributed by atoms with Gasteiger partial charge in [-0.2, -0.15) is 0 Å². The maximum Gasteiger partial charge on any atom is 0.308 e. The molecule has 0 bridgehead atoms. The lowest BCUT2D eigenvalue weighted by molar-refractivity contribution is -0.145. The molecule has 0 spiro atoms. The largest absolute Gasteiger partial charge is 0.469 e. The molecule has 0 aromatic rings. The Bertz CT molecular complexity index is 229. The number of methoxy groups -OCH3 is 1. The molecule has 100 valence electrons. The molecule has 1 aliphatic heterocycles. The van der Waals surface area contributed by atoms with Crippen LogP contribution in [0.2, 0.25) is 0 Å². The molecule has 0 aliphatic carbocycles. The Morgan fingerprint density at radius 2 is 2.18 bits per heavy atom. The molecule has 0 aromatic carbocycles. The van der Waals surface area contributed by atoms with Crippen LogP contribution in [-0.2, 0) is 14.3 Å². The van der Waals surface area contributed by atoms with Gasteiger partial charge < -0.3 is 9.47 Å². The first-order chi connectivity index (χ1) is 8.19. The van der Waals surface area contributed by atoms with Gasteiger partial charge in [0.25, 0.3) is 0 Å². The Balaban J connectivity index is 2.35. The van der Waals surface area contributed by atoms with Crippen molar-refractivity contribution >= 4 is 5.97 Å². The van der Waals surface area contributed by atoms with Crippen molar-refractivity contribution in [2.75, 3.05) is 33.4 Å². The maximum absolute atomic E-state index is 11.2. The topological polar surface area (TPSA) is 38.8 Å². The van der Waals surface area contributed by atoms with Crippen LogP contribution >= 0.6 is 0 Å². The van der Waals surface area contributed by atoms with E-state index in [0.29, 0.717) is 6.42 Å². The minimum Gasteiger partial charge on any atom is -0.469 e. The number of ether oxygens (including phenoxy) is 2. The van der Waals surface area contributed by atoms with E-state index in [1.165, 1.54) is 20.0 Å². The predicted octanol–water partition coefficient (Wildman–Crippen LogP) is 1.69. The average molecular weight is 243 g/mol. The third-order valence-corrected chi connectivity index (χ3v) is 3.52. The molecular weight excluding hydrogens is 218 g/mol. The van der Waals surface area contributed by atoms with Crippen molar-refractivity contribution in [3.63, 3.8) is 0 Å². The Kier molecular flexibility index (Phi) is 6.52. The maximum atomic E-state index is 11.2. The van der Waals surface area contributed by atoms with Gasteiger partial charge in [-0.15, -0.1) is 0 Å². The second kappa shape index (κ2) is 7.67. The molecule has 1 atom stereocenters. The van der Waals surface area contributed by atoms with Crippen LogP contribution in [0.1, 0.15) is 33.1 Å². The minimum absolute atomic E-state index is 0.00515. The van der Waals surface area contributed by atoms with Crippen LogP contribution < -0.4 is 0 Å². The Morgan fingerprint density at radius 1 is 1.47 bits per heavy atom. The van der Waals surface area contributed by atoms with Crippen LogP contribution in [0.5, 0.6) is 0 Å². The van der Waals surface area contributed by atoms with Crippen LogP contribution in [0.4, 0.5) is 0 Å². The van der Waals surface area contributed by atoms with E-state index >= 15 is 0 Å². The van der Waals surface area contributed by atoms with Gasteiger partial charge in [-0.3, -0.25) is 9.69 Å². The van der Waals surface area contributed by atoms with Crippen LogP contribution in [0.15, 0.2) is 0 Å². The van der Waals surface area contributed by atoms with Crippen LogP contribution in [0, 0.1) is 5.92 Å². The van der Waals surface area contributed by atoms with Crippen molar-refractivity contribution in [3.05, 3.63) is 0 Å². The molecule has 0 N–H and O–H groups in total. The van der Waals surface area contributed by atoms with Crippen molar-refractivity contribution < 1.29 is 14.3 Å². The van der Waals surface area contributed by atoms with E-state index in [1.807, 2.05) is 0 Å². The number of hydrogen-bond acceptors (Lipinski definition) is 4. The normalized spacial score (nSPS) is 21.8. The molecule has 0 saturated carbocycles. The first-order valence-electron chi connectivity index (χ1n) is 6.60. The quantitative estimate of drug-likeness (QED) is 0.665. The second-order valence-electron chi connectivity index (χ2n) is 4.72. The van der Waals surface area contributed by atoms with E-state index in [4.69, 9.17) is 4.74 Å². The third kappa shape index (κ3) is 5.04. The van der Waals surface area contributed by atoms with Crippen molar-refractivity contribution in [1.29, 1.82) is 0 Å². The van der Waals surface area contributed by atoms with Gasteiger partial charge in [-0.05, 0) is 5.92 Å². The Morgan fingerprint density at radius 3 is 2.76 bits per heavy atom. The summed E-state index contributed by atoms with van der Waals surface area (Å²) in [5.41, 5.74) is 0. The summed E-state index contributed by atoms with van der Waals surface area (Å²) in [5, 5.41) is 0. The number of rotatable bonds is 6. The number of carbonyl (C=O) groups is 1. The SMILES string of the molecule is CCC(CC)CN1CCOC(CC(=O)OC)C1. The fraction of sp³-hybridized carbons (Fsp3) is 0.923. The molecule has 0 radical (unpaired) electrons. The number of esters is 1. The van der Waals surface area contributed by atoms with Crippen LogP contribution in [0.25, 0.3) is 0 Å². The van der Waals surface area contributed by atoms with E-state index < -0.39 is 0 Å². The Hall–Kier alpha value is -0.610. The summed E-state index contributed by atoms with van der Waals surface area (Å²) in [6.07, 6.45) is 2.81. The van der Waals surface area contributed by atoms with Crippen molar-refractivity contribution in [2.24, 2.45) is 5.92 Å². The zero-order chi connectivity index (χ0) is 12.7. The number of morpholine rings is 1. The van der Waals surface area contributed by atoms with E-state index in [2.05, 4.69) is 23.5 Å². The summed E-state index contributed by atoms with van der Waals surface area (Å²) < 4.78 is 10.3. The van der Waals surface area contributed by atoms with Gasteiger partial charge in [-0.25, -0.2) is 0 Å². The van der Waals surface area contributed by atoms with Gasteiger partial charge in [-0.1, -0.05) is 26.7 Å². The summed E-state index contributed by atoms with van der Waals surface area (Å²) in [5.74, 6) is 0.575. The molecule has 0 amide bonds. The summed E-state index contributed by atoms with van der Waals surface area (Å²) in [6.45, 7) is 8.15. The second-order valence-corrected chi connectivity index (χ2v) is 4.72. The Labute approximate surface area is 104 Å². The number of nitrogens with zero attached hydrogens (tertiary/aromatic N) is 1. The average Bonchev–Trinajstić information content (AvgIpc) is 2.36.